The highest BCUT2D eigenvalue weighted by Gasteiger charge is 2.36. The Bertz CT molecular complexity index is 829. The third kappa shape index (κ3) is 5.19. The Kier molecular flexibility index (Phi) is 6.03. The van der Waals surface area contributed by atoms with Gasteiger partial charge >= 0.3 is 12.3 Å². The van der Waals surface area contributed by atoms with Gasteiger partial charge in [0, 0.05) is 0 Å². The largest absolute Gasteiger partial charge is 0.496 e. The van der Waals surface area contributed by atoms with Gasteiger partial charge in [-0.25, -0.2) is 4.79 Å². The summed E-state index contributed by atoms with van der Waals surface area (Å²) in [6, 6.07) is 4.93. The van der Waals surface area contributed by atoms with E-state index in [2.05, 4.69) is 25.0 Å². The molecule has 27 heavy (non-hydrogen) atoms. The van der Waals surface area contributed by atoms with E-state index in [1.807, 2.05) is 18.3 Å². The third-order valence-corrected chi connectivity index (χ3v) is 3.57. The van der Waals surface area contributed by atoms with Gasteiger partial charge in [-0.2, -0.15) is 28.1 Å². The second-order valence-electron chi connectivity index (χ2n) is 5.52. The number of carbonyl (C=O) groups excluding carboxylic acids is 1. The number of nitrogens with one attached hydrogen (secondary N) is 2. The summed E-state index contributed by atoms with van der Waals surface area (Å²) in [6.07, 6.45) is -5.82. The molecule has 0 spiro atoms. The number of amides is 1. The van der Waals surface area contributed by atoms with E-state index in [1.165, 1.54) is 7.11 Å². The molecule has 146 valence electrons. The van der Waals surface area contributed by atoms with E-state index in [0.29, 0.717) is 5.75 Å². The Morgan fingerprint density at radius 1 is 1.15 bits per heavy atom. The minimum absolute atomic E-state index is 0.351. The van der Waals surface area contributed by atoms with Crippen LogP contribution in [0.4, 0.5) is 29.9 Å². The molecule has 2 N–H and O–H groups in total. The summed E-state index contributed by atoms with van der Waals surface area (Å²) in [5.41, 5.74) is 1.66. The minimum atomic E-state index is -4.82. The Hall–Kier alpha value is -3.11. The zero-order valence-electron chi connectivity index (χ0n) is 15.0. The standard InChI is InChI=1S/C16H18F3N5O3/c1-8-5-6-10(7-11(8)26-3)9(2)20-13-21-12(16(17,18)19)22-14(23-13)24-15(25)27-4/h5-7,9H,1-4H3,(H2,20,21,22,23,24,25). The maximum Gasteiger partial charge on any atom is 0.451 e. The number of benzene rings is 1. The van der Waals surface area contributed by atoms with E-state index in [9.17, 15) is 18.0 Å². The first kappa shape index (κ1) is 20.2. The van der Waals surface area contributed by atoms with Gasteiger partial charge in [0.25, 0.3) is 0 Å². The van der Waals surface area contributed by atoms with Crippen molar-refractivity contribution in [3.63, 3.8) is 0 Å². The van der Waals surface area contributed by atoms with Crippen molar-refractivity contribution in [1.82, 2.24) is 15.0 Å². The molecule has 2 rings (SSSR count). The summed E-state index contributed by atoms with van der Waals surface area (Å²) >= 11 is 0. The number of alkyl halides is 3. The number of hydrogen-bond donors (Lipinski definition) is 2. The molecule has 8 nitrogen and oxygen atoms in total. The number of nitrogens with zero attached hydrogens (tertiary/aromatic N) is 3. The number of aryl methyl sites for hydroxylation is 1. The number of anilines is 2. The Morgan fingerprint density at radius 2 is 1.81 bits per heavy atom. The smallest absolute Gasteiger partial charge is 0.451 e. The van der Waals surface area contributed by atoms with E-state index in [-0.39, 0.29) is 5.95 Å². The van der Waals surface area contributed by atoms with E-state index in [4.69, 9.17) is 4.74 Å². The molecule has 1 aromatic heterocycles. The molecule has 0 saturated carbocycles. The summed E-state index contributed by atoms with van der Waals surface area (Å²) in [7, 11) is 2.59. The zero-order chi connectivity index (χ0) is 20.2. The highest BCUT2D eigenvalue weighted by atomic mass is 19.4. The van der Waals surface area contributed by atoms with Gasteiger partial charge in [-0.05, 0) is 31.0 Å². The van der Waals surface area contributed by atoms with Crippen molar-refractivity contribution in [3.05, 3.63) is 35.2 Å². The van der Waals surface area contributed by atoms with Crippen LogP contribution in [0.3, 0.4) is 0 Å². The monoisotopic (exact) mass is 385 g/mol. The van der Waals surface area contributed by atoms with Crippen molar-refractivity contribution >= 4 is 18.0 Å². The highest BCUT2D eigenvalue weighted by Crippen LogP contribution is 2.29. The van der Waals surface area contributed by atoms with Gasteiger partial charge < -0.3 is 14.8 Å². The molecule has 1 aromatic carbocycles. The van der Waals surface area contributed by atoms with Crippen molar-refractivity contribution in [2.45, 2.75) is 26.1 Å². The summed E-state index contributed by atoms with van der Waals surface area (Å²) in [4.78, 5) is 21.6. The van der Waals surface area contributed by atoms with Crippen LogP contribution in [-0.2, 0) is 10.9 Å². The molecule has 0 aliphatic rings. The van der Waals surface area contributed by atoms with Gasteiger partial charge in [0.15, 0.2) is 0 Å². The average Bonchev–Trinajstić information content (AvgIpc) is 2.60. The summed E-state index contributed by atoms with van der Waals surface area (Å²) in [5.74, 6) is -1.74. The van der Waals surface area contributed by atoms with Crippen molar-refractivity contribution in [2.75, 3.05) is 24.9 Å². The summed E-state index contributed by atoms with van der Waals surface area (Å²) in [5, 5.41) is 4.76. The SMILES string of the molecule is COC(=O)Nc1nc(NC(C)c2ccc(C)c(OC)c2)nc(C(F)(F)F)n1. The third-order valence-electron chi connectivity index (χ3n) is 3.57. The van der Waals surface area contributed by atoms with Crippen LogP contribution in [0, 0.1) is 6.92 Å². The van der Waals surface area contributed by atoms with E-state index >= 15 is 0 Å². The van der Waals surface area contributed by atoms with Crippen LogP contribution >= 0.6 is 0 Å². The Balaban J connectivity index is 2.33. The fraction of sp³-hybridized carbons (Fsp3) is 0.375. The van der Waals surface area contributed by atoms with Crippen molar-refractivity contribution < 1.29 is 27.4 Å². The molecule has 0 saturated heterocycles. The first-order valence-corrected chi connectivity index (χ1v) is 7.73. The van der Waals surface area contributed by atoms with Crippen molar-refractivity contribution in [2.24, 2.45) is 0 Å². The average molecular weight is 385 g/mol. The van der Waals surface area contributed by atoms with Gasteiger partial charge in [-0.3, -0.25) is 5.32 Å². The Morgan fingerprint density at radius 3 is 2.41 bits per heavy atom. The normalized spacial score (nSPS) is 12.3. The summed E-state index contributed by atoms with van der Waals surface area (Å²) < 4.78 is 48.7. The number of hydrogen-bond acceptors (Lipinski definition) is 7. The van der Waals surface area contributed by atoms with Crippen LogP contribution in [-0.4, -0.2) is 35.3 Å². The summed E-state index contributed by atoms with van der Waals surface area (Å²) in [6.45, 7) is 3.58. The lowest BCUT2D eigenvalue weighted by molar-refractivity contribution is -0.144. The number of ether oxygens (including phenoxy) is 2. The maximum atomic E-state index is 13.0. The number of rotatable bonds is 5. The molecule has 0 aliphatic carbocycles. The molecule has 1 unspecified atom stereocenters. The molecular weight excluding hydrogens is 367 g/mol. The molecule has 0 radical (unpaired) electrons. The maximum absolute atomic E-state index is 13.0. The Labute approximate surface area is 153 Å². The lowest BCUT2D eigenvalue weighted by atomic mass is 10.1. The quantitative estimate of drug-likeness (QED) is 0.812. The molecule has 1 amide bonds. The molecule has 11 heteroatoms. The molecular formula is C16H18F3N5O3. The van der Waals surface area contributed by atoms with Crippen LogP contribution in [0.2, 0.25) is 0 Å². The van der Waals surface area contributed by atoms with Gasteiger partial charge in [-0.15, -0.1) is 0 Å². The first-order chi connectivity index (χ1) is 12.6. The molecule has 2 aromatic rings. The molecule has 0 fully saturated rings. The lowest BCUT2D eigenvalue weighted by Crippen LogP contribution is -2.20. The van der Waals surface area contributed by atoms with Crippen LogP contribution in [0.25, 0.3) is 0 Å². The molecule has 0 aliphatic heterocycles. The number of aromatic nitrogens is 3. The highest BCUT2D eigenvalue weighted by molar-refractivity contribution is 5.82. The van der Waals surface area contributed by atoms with Crippen LogP contribution in [0.15, 0.2) is 18.2 Å². The van der Waals surface area contributed by atoms with Gasteiger partial charge in [0.2, 0.25) is 17.7 Å². The predicted molar refractivity (Wildman–Crippen MR) is 90.6 cm³/mol. The molecule has 1 atom stereocenters. The van der Waals surface area contributed by atoms with Crippen LogP contribution in [0.5, 0.6) is 5.75 Å². The molecule has 0 bridgehead atoms. The van der Waals surface area contributed by atoms with Crippen molar-refractivity contribution in [1.29, 1.82) is 0 Å². The van der Waals surface area contributed by atoms with E-state index < -0.39 is 30.1 Å². The number of halogens is 3. The lowest BCUT2D eigenvalue weighted by Gasteiger charge is -2.17. The van der Waals surface area contributed by atoms with E-state index in [1.54, 1.807) is 19.1 Å². The number of carbonyl (C=O) groups is 1. The number of methoxy groups -OCH3 is 2. The first-order valence-electron chi connectivity index (χ1n) is 7.73. The predicted octanol–water partition coefficient (Wildman–Crippen LogP) is 3.56. The van der Waals surface area contributed by atoms with E-state index in [0.717, 1.165) is 18.2 Å². The van der Waals surface area contributed by atoms with Crippen LogP contribution < -0.4 is 15.4 Å². The second kappa shape index (κ2) is 8.06. The fourth-order valence-electron chi connectivity index (χ4n) is 2.15. The molecule has 1 heterocycles. The van der Waals surface area contributed by atoms with Crippen molar-refractivity contribution in [3.8, 4) is 5.75 Å². The minimum Gasteiger partial charge on any atom is -0.496 e. The topological polar surface area (TPSA) is 98.3 Å². The van der Waals surface area contributed by atoms with Crippen LogP contribution in [0.1, 0.15) is 29.9 Å². The van der Waals surface area contributed by atoms with Gasteiger partial charge in [-0.1, -0.05) is 12.1 Å². The van der Waals surface area contributed by atoms with Gasteiger partial charge in [0.1, 0.15) is 5.75 Å². The second-order valence-corrected chi connectivity index (χ2v) is 5.52. The fourth-order valence-corrected chi connectivity index (χ4v) is 2.15. The zero-order valence-corrected chi connectivity index (χ0v) is 15.0. The van der Waals surface area contributed by atoms with Gasteiger partial charge in [0.05, 0.1) is 20.3 Å².